The van der Waals surface area contributed by atoms with E-state index in [9.17, 15) is 14.7 Å². The number of hydrogen-bond donors (Lipinski definition) is 1. The SMILES string of the molecule is COc1c(Cl)cc(C(=O)O)cc1-c1ccc([C@H]2CC23CCN(C(=O)C2CCCO2)CC3)cc1. The number of carbonyl (C=O) groups excluding carboxylic acids is 1. The summed E-state index contributed by atoms with van der Waals surface area (Å²) in [6, 6.07) is 11.3. The smallest absolute Gasteiger partial charge is 0.335 e. The average Bonchev–Trinajstić information content (AvgIpc) is 3.24. The van der Waals surface area contributed by atoms with Gasteiger partial charge in [-0.3, -0.25) is 4.79 Å². The average molecular weight is 470 g/mol. The van der Waals surface area contributed by atoms with Gasteiger partial charge < -0.3 is 19.5 Å². The number of ether oxygens (including phenoxy) is 2. The molecular formula is C26H28ClNO5. The first-order valence-electron chi connectivity index (χ1n) is 11.5. The Kier molecular flexibility index (Phi) is 5.83. The van der Waals surface area contributed by atoms with E-state index in [1.54, 1.807) is 6.07 Å². The van der Waals surface area contributed by atoms with Gasteiger partial charge in [-0.05, 0) is 66.7 Å². The third-order valence-electron chi connectivity index (χ3n) is 7.58. The van der Waals surface area contributed by atoms with Crippen molar-refractivity contribution in [1.29, 1.82) is 0 Å². The Bertz CT molecular complexity index is 1070. The van der Waals surface area contributed by atoms with Crippen LogP contribution in [0.5, 0.6) is 5.75 Å². The molecule has 1 unspecified atom stereocenters. The highest BCUT2D eigenvalue weighted by molar-refractivity contribution is 6.33. The van der Waals surface area contributed by atoms with Gasteiger partial charge in [-0.25, -0.2) is 4.79 Å². The molecule has 2 aromatic carbocycles. The Hall–Kier alpha value is -2.57. The van der Waals surface area contributed by atoms with Crippen LogP contribution in [0.3, 0.4) is 0 Å². The van der Waals surface area contributed by atoms with Crippen molar-refractivity contribution in [3.05, 3.63) is 52.5 Å². The van der Waals surface area contributed by atoms with Crippen molar-refractivity contribution in [3.8, 4) is 16.9 Å². The molecule has 33 heavy (non-hydrogen) atoms. The van der Waals surface area contributed by atoms with Gasteiger partial charge in [0.25, 0.3) is 5.91 Å². The Morgan fingerprint density at radius 2 is 1.91 bits per heavy atom. The van der Waals surface area contributed by atoms with Crippen LogP contribution < -0.4 is 4.74 Å². The number of likely N-dealkylation sites (tertiary alicyclic amines) is 1. The van der Waals surface area contributed by atoms with Crippen LogP contribution in [-0.2, 0) is 9.53 Å². The van der Waals surface area contributed by atoms with Crippen LogP contribution in [0.4, 0.5) is 0 Å². The van der Waals surface area contributed by atoms with Crippen molar-refractivity contribution >= 4 is 23.5 Å². The van der Waals surface area contributed by atoms with Gasteiger partial charge in [0.15, 0.2) is 0 Å². The maximum Gasteiger partial charge on any atom is 0.335 e. The molecular weight excluding hydrogens is 442 g/mol. The van der Waals surface area contributed by atoms with E-state index in [1.165, 1.54) is 18.7 Å². The molecule has 0 radical (unpaired) electrons. The second kappa shape index (κ2) is 8.65. The van der Waals surface area contributed by atoms with Gasteiger partial charge in [0.05, 0.1) is 17.7 Å². The Morgan fingerprint density at radius 1 is 1.18 bits per heavy atom. The first-order chi connectivity index (χ1) is 15.9. The summed E-state index contributed by atoms with van der Waals surface area (Å²) >= 11 is 6.27. The predicted octanol–water partition coefficient (Wildman–Crippen LogP) is 4.99. The lowest BCUT2D eigenvalue weighted by molar-refractivity contribution is -0.142. The summed E-state index contributed by atoms with van der Waals surface area (Å²) in [5, 5.41) is 9.67. The molecule has 6 nitrogen and oxygen atoms in total. The van der Waals surface area contributed by atoms with Gasteiger partial charge in [0.2, 0.25) is 0 Å². The highest BCUT2D eigenvalue weighted by Crippen LogP contribution is 2.65. The number of rotatable bonds is 5. The van der Waals surface area contributed by atoms with Crippen LogP contribution in [0.25, 0.3) is 11.1 Å². The first-order valence-corrected chi connectivity index (χ1v) is 11.9. The van der Waals surface area contributed by atoms with Crippen molar-refractivity contribution < 1.29 is 24.2 Å². The van der Waals surface area contributed by atoms with E-state index in [1.807, 2.05) is 17.0 Å². The fourth-order valence-electron chi connectivity index (χ4n) is 5.55. The number of methoxy groups -OCH3 is 1. The summed E-state index contributed by atoms with van der Waals surface area (Å²) in [5.74, 6) is 0.115. The predicted molar refractivity (Wildman–Crippen MR) is 125 cm³/mol. The molecule has 1 aliphatic carbocycles. The van der Waals surface area contributed by atoms with Crippen LogP contribution in [0.15, 0.2) is 36.4 Å². The molecule has 5 rings (SSSR count). The van der Waals surface area contributed by atoms with Gasteiger partial charge >= 0.3 is 5.97 Å². The summed E-state index contributed by atoms with van der Waals surface area (Å²) in [6.45, 7) is 2.32. The Labute approximate surface area is 198 Å². The van der Waals surface area contributed by atoms with E-state index in [4.69, 9.17) is 21.1 Å². The molecule has 1 spiro atoms. The number of aromatic carboxylic acids is 1. The minimum Gasteiger partial charge on any atom is -0.495 e. The molecule has 174 valence electrons. The normalized spacial score (nSPS) is 23.5. The first kappa shape index (κ1) is 22.2. The van der Waals surface area contributed by atoms with E-state index in [0.29, 0.717) is 29.3 Å². The van der Waals surface area contributed by atoms with Crippen molar-refractivity contribution in [3.63, 3.8) is 0 Å². The molecule has 2 atom stereocenters. The number of benzene rings is 2. The molecule has 0 aromatic heterocycles. The number of piperidine rings is 1. The minimum absolute atomic E-state index is 0.130. The number of amides is 1. The monoisotopic (exact) mass is 469 g/mol. The summed E-state index contributed by atoms with van der Waals surface area (Å²) in [4.78, 5) is 26.1. The Balaban J connectivity index is 1.28. The standard InChI is InChI=1S/C26H28ClNO5/c1-32-23-19(13-18(25(30)31)14-21(23)27)16-4-6-17(7-5-16)20-15-26(20)8-10-28(11-9-26)24(29)22-3-2-12-33-22/h4-7,13-14,20,22H,2-3,8-12,15H2,1H3,(H,30,31)/t20-,22?/m1/s1. The molecule has 2 heterocycles. The van der Waals surface area contributed by atoms with Crippen LogP contribution in [-0.4, -0.2) is 54.8 Å². The van der Waals surface area contributed by atoms with E-state index in [0.717, 1.165) is 50.8 Å². The molecule has 2 aromatic rings. The summed E-state index contributed by atoms with van der Waals surface area (Å²) < 4.78 is 11.0. The van der Waals surface area contributed by atoms with Crippen molar-refractivity contribution in [2.24, 2.45) is 5.41 Å². The second-order valence-electron chi connectivity index (χ2n) is 9.41. The summed E-state index contributed by atoms with van der Waals surface area (Å²) in [5.41, 5.74) is 3.24. The molecule has 7 heteroatoms. The molecule has 2 saturated heterocycles. The zero-order valence-electron chi connectivity index (χ0n) is 18.7. The second-order valence-corrected chi connectivity index (χ2v) is 9.82. The lowest BCUT2D eigenvalue weighted by Gasteiger charge is -2.34. The van der Waals surface area contributed by atoms with Gasteiger partial charge in [0, 0.05) is 25.3 Å². The number of carboxylic acid groups (broad SMARTS) is 1. The van der Waals surface area contributed by atoms with Crippen LogP contribution in [0, 0.1) is 5.41 Å². The molecule has 0 bridgehead atoms. The minimum atomic E-state index is -1.03. The van der Waals surface area contributed by atoms with Crippen molar-refractivity contribution in [1.82, 2.24) is 4.90 Å². The fraction of sp³-hybridized carbons (Fsp3) is 0.462. The van der Waals surface area contributed by atoms with Gasteiger partial charge in [0.1, 0.15) is 11.9 Å². The molecule has 3 aliphatic rings. The zero-order valence-corrected chi connectivity index (χ0v) is 19.4. The van der Waals surface area contributed by atoms with Gasteiger partial charge in [-0.2, -0.15) is 0 Å². The topological polar surface area (TPSA) is 76.1 Å². The number of carboxylic acids is 1. The Morgan fingerprint density at radius 3 is 2.52 bits per heavy atom. The molecule has 1 amide bonds. The number of halogens is 1. The third kappa shape index (κ3) is 4.11. The highest BCUT2D eigenvalue weighted by atomic mass is 35.5. The fourth-order valence-corrected chi connectivity index (χ4v) is 5.85. The van der Waals surface area contributed by atoms with Crippen molar-refractivity contribution in [2.45, 2.75) is 44.1 Å². The lowest BCUT2D eigenvalue weighted by Crippen LogP contribution is -2.44. The van der Waals surface area contributed by atoms with E-state index in [2.05, 4.69) is 12.1 Å². The largest absolute Gasteiger partial charge is 0.495 e. The lowest BCUT2D eigenvalue weighted by atomic mass is 9.88. The summed E-state index contributed by atoms with van der Waals surface area (Å²) in [6.07, 6.45) is 4.81. The molecule has 1 N–H and O–H groups in total. The zero-order chi connectivity index (χ0) is 23.2. The number of carbonyl (C=O) groups is 2. The maximum absolute atomic E-state index is 12.6. The maximum atomic E-state index is 12.6. The number of hydrogen-bond acceptors (Lipinski definition) is 4. The summed E-state index contributed by atoms with van der Waals surface area (Å²) in [7, 11) is 1.53. The van der Waals surface area contributed by atoms with E-state index >= 15 is 0 Å². The van der Waals surface area contributed by atoms with Crippen LogP contribution in [0.2, 0.25) is 5.02 Å². The van der Waals surface area contributed by atoms with Crippen LogP contribution >= 0.6 is 11.6 Å². The van der Waals surface area contributed by atoms with Gasteiger partial charge in [-0.1, -0.05) is 35.9 Å². The van der Waals surface area contributed by atoms with E-state index in [-0.39, 0.29) is 22.6 Å². The number of nitrogens with zero attached hydrogens (tertiary/aromatic N) is 1. The quantitative estimate of drug-likeness (QED) is 0.667. The van der Waals surface area contributed by atoms with Gasteiger partial charge in [-0.15, -0.1) is 0 Å². The molecule has 3 fully saturated rings. The van der Waals surface area contributed by atoms with E-state index < -0.39 is 5.97 Å². The van der Waals surface area contributed by atoms with Crippen LogP contribution in [0.1, 0.15) is 53.9 Å². The highest BCUT2D eigenvalue weighted by Gasteiger charge is 2.55. The molecule has 1 saturated carbocycles. The molecule has 2 aliphatic heterocycles. The van der Waals surface area contributed by atoms with Crippen molar-refractivity contribution in [2.75, 3.05) is 26.8 Å². The third-order valence-corrected chi connectivity index (χ3v) is 7.87.